The van der Waals surface area contributed by atoms with Crippen LogP contribution < -0.4 is 10.6 Å². The lowest BCUT2D eigenvalue weighted by atomic mass is 9.66. The first-order valence-corrected chi connectivity index (χ1v) is 15.5. The first-order chi connectivity index (χ1) is 19.9. The van der Waals surface area contributed by atoms with Gasteiger partial charge in [-0.1, -0.05) is 74.5 Å². The van der Waals surface area contributed by atoms with Gasteiger partial charge in [0.2, 0.25) is 17.7 Å². The summed E-state index contributed by atoms with van der Waals surface area (Å²) in [6.07, 6.45) is 2.00. The number of benzene rings is 3. The topological polar surface area (TPSA) is 98.7 Å². The van der Waals surface area contributed by atoms with E-state index >= 15 is 0 Å². The van der Waals surface area contributed by atoms with Crippen molar-refractivity contribution in [1.82, 2.24) is 10.2 Å². The third-order valence-electron chi connectivity index (χ3n) is 9.22. The van der Waals surface area contributed by atoms with Crippen molar-refractivity contribution in [1.29, 1.82) is 0 Å². The predicted molar refractivity (Wildman–Crippen MR) is 162 cm³/mol. The molecular formula is C33H37N3O4S. The van der Waals surface area contributed by atoms with Gasteiger partial charge in [-0.2, -0.15) is 0 Å². The standard InChI is InChI=1S/C33H37N3O4S/c1-3-15-34-30(38)27-26-16-20(2)33(41-26)28(27)32(40)36(25(19-37)17-21-9-5-4-6-10-21)29(33)31(39)35-24-14-13-22-11-7-8-12-23(22)18-24/h4-14,18,20,25-29,37H,3,15-17,19H2,1-2H3,(H,34,38)(H,35,39)/t20?,25-,26+,27-,28+,29?,33?/m1/s1. The molecule has 2 bridgehead atoms. The molecule has 3 N–H and O–H groups in total. The van der Waals surface area contributed by atoms with Gasteiger partial charge in [0.1, 0.15) is 6.04 Å². The van der Waals surface area contributed by atoms with Crippen molar-refractivity contribution in [3.63, 3.8) is 0 Å². The van der Waals surface area contributed by atoms with E-state index in [-0.39, 0.29) is 35.5 Å². The molecule has 0 radical (unpaired) electrons. The van der Waals surface area contributed by atoms with E-state index in [1.54, 1.807) is 16.7 Å². The van der Waals surface area contributed by atoms with E-state index in [1.807, 2.05) is 79.7 Å². The second-order valence-corrected chi connectivity index (χ2v) is 13.2. The molecule has 6 rings (SSSR count). The molecule has 3 aliphatic rings. The first kappa shape index (κ1) is 27.8. The second-order valence-electron chi connectivity index (χ2n) is 11.7. The number of carbonyl (C=O) groups excluding carboxylic acids is 3. The molecular weight excluding hydrogens is 534 g/mol. The molecule has 3 aromatic rings. The zero-order chi connectivity index (χ0) is 28.7. The largest absolute Gasteiger partial charge is 0.394 e. The summed E-state index contributed by atoms with van der Waals surface area (Å²) in [7, 11) is 0. The highest BCUT2D eigenvalue weighted by atomic mass is 32.2. The maximum Gasteiger partial charge on any atom is 0.248 e. The fourth-order valence-corrected chi connectivity index (χ4v) is 9.84. The number of fused-ring (bicyclic) bond motifs is 2. The van der Waals surface area contributed by atoms with Crippen molar-refractivity contribution < 1.29 is 19.5 Å². The summed E-state index contributed by atoms with van der Waals surface area (Å²) in [6, 6.07) is 22.1. The monoisotopic (exact) mass is 571 g/mol. The Labute approximate surface area is 245 Å². The smallest absolute Gasteiger partial charge is 0.248 e. The van der Waals surface area contributed by atoms with E-state index < -0.39 is 28.7 Å². The molecule has 7 atom stereocenters. The lowest BCUT2D eigenvalue weighted by Crippen LogP contribution is -2.57. The molecule has 3 saturated heterocycles. The third-order valence-corrected chi connectivity index (χ3v) is 11.3. The highest BCUT2D eigenvalue weighted by molar-refractivity contribution is 8.02. The Bertz CT molecular complexity index is 1470. The van der Waals surface area contributed by atoms with Crippen LogP contribution in [0.2, 0.25) is 0 Å². The van der Waals surface area contributed by atoms with Crippen LogP contribution in [0.5, 0.6) is 0 Å². The number of amides is 3. The minimum atomic E-state index is -0.818. The fraction of sp³-hybridized carbons (Fsp3) is 0.424. The molecule has 3 heterocycles. The molecule has 3 amide bonds. The van der Waals surface area contributed by atoms with Gasteiger partial charge in [0.15, 0.2) is 0 Å². The van der Waals surface area contributed by atoms with Crippen molar-refractivity contribution in [2.45, 2.75) is 55.2 Å². The SMILES string of the molecule is CCCNC(=O)[C@@H]1[C@@H]2CC(C)C3(S2)C(C(=O)Nc2ccc4ccccc4c2)N([C@@H](CO)Cc2ccccc2)C(=O)[C@H]13. The molecule has 0 saturated carbocycles. The molecule has 0 aliphatic carbocycles. The molecule has 214 valence electrons. The molecule has 1 spiro atoms. The molecule has 3 fully saturated rings. The van der Waals surface area contributed by atoms with Gasteiger partial charge in [0.25, 0.3) is 0 Å². The molecule has 8 heteroatoms. The van der Waals surface area contributed by atoms with E-state index in [0.29, 0.717) is 18.7 Å². The number of nitrogens with one attached hydrogen (secondary N) is 2. The minimum absolute atomic E-state index is 0.0179. The van der Waals surface area contributed by atoms with Crippen LogP contribution in [0, 0.1) is 17.8 Å². The van der Waals surface area contributed by atoms with Crippen molar-refractivity contribution in [3.05, 3.63) is 78.4 Å². The summed E-state index contributed by atoms with van der Waals surface area (Å²) in [5, 5.41) is 18.9. The van der Waals surface area contributed by atoms with Gasteiger partial charge >= 0.3 is 0 Å². The first-order valence-electron chi connectivity index (χ1n) is 14.6. The second kappa shape index (κ2) is 11.1. The van der Waals surface area contributed by atoms with Gasteiger partial charge in [-0.25, -0.2) is 0 Å². The maximum atomic E-state index is 14.5. The zero-order valence-corrected chi connectivity index (χ0v) is 24.3. The van der Waals surface area contributed by atoms with Crippen LogP contribution in [0.3, 0.4) is 0 Å². The molecule has 7 nitrogen and oxygen atoms in total. The Kier molecular flexibility index (Phi) is 7.55. The summed E-state index contributed by atoms with van der Waals surface area (Å²) < 4.78 is -0.749. The predicted octanol–water partition coefficient (Wildman–Crippen LogP) is 4.25. The summed E-state index contributed by atoms with van der Waals surface area (Å²) in [5.74, 6) is -1.62. The Balaban J connectivity index is 1.40. The van der Waals surface area contributed by atoms with E-state index in [2.05, 4.69) is 17.6 Å². The Hall–Kier alpha value is -3.36. The fourth-order valence-electron chi connectivity index (χ4n) is 7.43. The summed E-state index contributed by atoms with van der Waals surface area (Å²) in [4.78, 5) is 44.0. The van der Waals surface area contributed by atoms with Gasteiger partial charge in [0, 0.05) is 17.5 Å². The Morgan fingerprint density at radius 2 is 1.78 bits per heavy atom. The van der Waals surface area contributed by atoms with E-state index in [4.69, 9.17) is 0 Å². The van der Waals surface area contributed by atoms with E-state index in [9.17, 15) is 19.5 Å². The number of aliphatic hydroxyl groups is 1. The average molecular weight is 572 g/mol. The van der Waals surface area contributed by atoms with E-state index in [0.717, 1.165) is 29.2 Å². The van der Waals surface area contributed by atoms with Crippen LogP contribution in [0.4, 0.5) is 5.69 Å². The number of hydrogen-bond donors (Lipinski definition) is 3. The van der Waals surface area contributed by atoms with Crippen molar-refractivity contribution in [2.75, 3.05) is 18.5 Å². The maximum absolute atomic E-state index is 14.5. The van der Waals surface area contributed by atoms with Crippen LogP contribution in [-0.4, -0.2) is 63.0 Å². The van der Waals surface area contributed by atoms with Crippen LogP contribution in [0.15, 0.2) is 72.8 Å². The van der Waals surface area contributed by atoms with Crippen LogP contribution in [0.25, 0.3) is 10.8 Å². The zero-order valence-electron chi connectivity index (χ0n) is 23.5. The lowest BCUT2D eigenvalue weighted by Gasteiger charge is -2.40. The van der Waals surface area contributed by atoms with Gasteiger partial charge in [-0.05, 0) is 53.6 Å². The number of likely N-dealkylation sites (tertiary alicyclic amines) is 1. The third kappa shape index (κ3) is 4.61. The molecule has 3 aliphatic heterocycles. The van der Waals surface area contributed by atoms with Gasteiger partial charge in [-0.3, -0.25) is 14.4 Å². The lowest BCUT2D eigenvalue weighted by molar-refractivity contribution is -0.142. The number of anilines is 1. The number of aliphatic hydroxyl groups excluding tert-OH is 1. The summed E-state index contributed by atoms with van der Waals surface area (Å²) in [6.45, 7) is 4.39. The van der Waals surface area contributed by atoms with Crippen molar-refractivity contribution >= 4 is 45.9 Å². The van der Waals surface area contributed by atoms with Crippen LogP contribution >= 0.6 is 11.8 Å². The highest BCUT2D eigenvalue weighted by Crippen LogP contribution is 2.68. The minimum Gasteiger partial charge on any atom is -0.394 e. The van der Waals surface area contributed by atoms with Crippen molar-refractivity contribution in [3.8, 4) is 0 Å². The number of nitrogens with zero attached hydrogens (tertiary/aromatic N) is 1. The number of thioether (sulfide) groups is 1. The Morgan fingerprint density at radius 1 is 1.05 bits per heavy atom. The molecule has 0 aromatic heterocycles. The van der Waals surface area contributed by atoms with E-state index in [1.165, 1.54) is 0 Å². The van der Waals surface area contributed by atoms with Gasteiger partial charge < -0.3 is 20.6 Å². The summed E-state index contributed by atoms with van der Waals surface area (Å²) >= 11 is 1.65. The number of hydrogen-bond acceptors (Lipinski definition) is 5. The quantitative estimate of drug-likeness (QED) is 0.357. The number of carbonyl (C=O) groups is 3. The van der Waals surface area contributed by atoms with Crippen LogP contribution in [0.1, 0.15) is 32.3 Å². The number of rotatable bonds is 9. The highest BCUT2D eigenvalue weighted by Gasteiger charge is 2.76. The van der Waals surface area contributed by atoms with Gasteiger partial charge in [0.05, 0.1) is 29.2 Å². The normalized spacial score (nSPS) is 29.0. The average Bonchev–Trinajstić information content (AvgIpc) is 3.58. The van der Waals surface area contributed by atoms with Crippen molar-refractivity contribution in [2.24, 2.45) is 17.8 Å². The summed E-state index contributed by atoms with van der Waals surface area (Å²) in [5.41, 5.74) is 1.64. The molecule has 3 aromatic carbocycles. The van der Waals surface area contributed by atoms with Crippen LogP contribution in [-0.2, 0) is 20.8 Å². The molecule has 3 unspecified atom stereocenters. The Morgan fingerprint density at radius 3 is 2.51 bits per heavy atom. The van der Waals surface area contributed by atoms with Gasteiger partial charge in [-0.15, -0.1) is 11.8 Å². The molecule has 41 heavy (non-hydrogen) atoms.